The van der Waals surface area contributed by atoms with Crippen LogP contribution in [-0.2, 0) is 4.79 Å². The number of anilines is 1. The van der Waals surface area contributed by atoms with E-state index in [1.54, 1.807) is 0 Å². The van der Waals surface area contributed by atoms with Crippen LogP contribution >= 0.6 is 0 Å². The maximum absolute atomic E-state index is 12.5. The number of piperidine rings is 1. The highest BCUT2D eigenvalue weighted by Crippen LogP contribution is 2.23. The van der Waals surface area contributed by atoms with Crippen molar-refractivity contribution in [1.29, 1.82) is 0 Å². The SMILES string of the molecule is CCC1CCCCN1C(=O)CNc1ccc(Oc2ccccc2)cc1. The van der Waals surface area contributed by atoms with Crippen molar-refractivity contribution in [3.8, 4) is 11.5 Å². The molecule has 4 heteroatoms. The van der Waals surface area contributed by atoms with E-state index in [1.807, 2.05) is 59.5 Å². The van der Waals surface area contributed by atoms with Crippen molar-refractivity contribution < 1.29 is 9.53 Å². The number of carbonyl (C=O) groups is 1. The number of likely N-dealkylation sites (tertiary alicyclic amines) is 1. The van der Waals surface area contributed by atoms with Crippen LogP contribution in [0.15, 0.2) is 54.6 Å². The molecule has 1 heterocycles. The van der Waals surface area contributed by atoms with Crippen LogP contribution in [-0.4, -0.2) is 29.9 Å². The molecule has 1 unspecified atom stereocenters. The van der Waals surface area contributed by atoms with Gasteiger partial charge in [0.25, 0.3) is 0 Å². The molecule has 2 aromatic carbocycles. The van der Waals surface area contributed by atoms with Gasteiger partial charge in [-0.3, -0.25) is 4.79 Å². The van der Waals surface area contributed by atoms with Gasteiger partial charge in [0.2, 0.25) is 5.91 Å². The average molecular weight is 338 g/mol. The monoisotopic (exact) mass is 338 g/mol. The van der Waals surface area contributed by atoms with Gasteiger partial charge in [0.15, 0.2) is 0 Å². The molecule has 1 atom stereocenters. The van der Waals surface area contributed by atoms with Crippen molar-refractivity contribution in [2.45, 2.75) is 38.6 Å². The standard InChI is InChI=1S/C21H26N2O2/c1-2-18-8-6-7-15-23(18)21(24)16-22-17-11-13-20(14-12-17)25-19-9-4-3-5-10-19/h3-5,9-14,18,22H,2,6-8,15-16H2,1H3. The molecule has 1 saturated heterocycles. The minimum absolute atomic E-state index is 0.191. The van der Waals surface area contributed by atoms with E-state index in [0.29, 0.717) is 12.6 Å². The molecule has 132 valence electrons. The fourth-order valence-corrected chi connectivity index (χ4v) is 3.30. The summed E-state index contributed by atoms with van der Waals surface area (Å²) in [5.74, 6) is 1.79. The van der Waals surface area contributed by atoms with Crippen LogP contribution in [0.1, 0.15) is 32.6 Å². The summed E-state index contributed by atoms with van der Waals surface area (Å²) in [6.07, 6.45) is 4.53. The van der Waals surface area contributed by atoms with E-state index in [-0.39, 0.29) is 5.91 Å². The smallest absolute Gasteiger partial charge is 0.242 e. The largest absolute Gasteiger partial charge is 0.457 e. The van der Waals surface area contributed by atoms with E-state index in [2.05, 4.69) is 12.2 Å². The number of nitrogens with zero attached hydrogens (tertiary/aromatic N) is 1. The Labute approximate surface area is 149 Å². The van der Waals surface area contributed by atoms with Crippen LogP contribution < -0.4 is 10.1 Å². The Bertz CT molecular complexity index is 670. The van der Waals surface area contributed by atoms with Crippen LogP contribution in [0.4, 0.5) is 5.69 Å². The lowest BCUT2D eigenvalue weighted by Gasteiger charge is -2.35. The summed E-state index contributed by atoms with van der Waals surface area (Å²) in [6.45, 7) is 3.40. The summed E-state index contributed by atoms with van der Waals surface area (Å²) in [5, 5.41) is 3.23. The topological polar surface area (TPSA) is 41.6 Å². The van der Waals surface area contributed by atoms with Crippen LogP contribution in [0, 0.1) is 0 Å². The molecule has 1 fully saturated rings. The van der Waals surface area contributed by atoms with E-state index >= 15 is 0 Å². The van der Waals surface area contributed by atoms with Gasteiger partial charge < -0.3 is 15.0 Å². The first-order valence-corrected chi connectivity index (χ1v) is 9.12. The number of ether oxygens (including phenoxy) is 1. The first kappa shape index (κ1) is 17.3. The molecule has 1 aliphatic rings. The van der Waals surface area contributed by atoms with Gasteiger partial charge in [-0.1, -0.05) is 25.1 Å². The molecule has 0 aliphatic carbocycles. The average Bonchev–Trinajstić information content (AvgIpc) is 2.68. The highest BCUT2D eigenvalue weighted by molar-refractivity contribution is 5.81. The normalized spacial score (nSPS) is 17.2. The minimum atomic E-state index is 0.191. The van der Waals surface area contributed by atoms with Gasteiger partial charge in [-0.25, -0.2) is 0 Å². The van der Waals surface area contributed by atoms with Gasteiger partial charge in [-0.2, -0.15) is 0 Å². The molecule has 0 saturated carbocycles. The van der Waals surface area contributed by atoms with E-state index in [9.17, 15) is 4.79 Å². The molecule has 0 radical (unpaired) electrons. The second-order valence-corrected chi connectivity index (χ2v) is 6.44. The van der Waals surface area contributed by atoms with E-state index in [1.165, 1.54) is 6.42 Å². The number of amides is 1. The second kappa shape index (κ2) is 8.56. The Morgan fingerprint density at radius 2 is 1.80 bits per heavy atom. The molecular formula is C21H26N2O2. The van der Waals surface area contributed by atoms with Gasteiger partial charge in [-0.05, 0) is 62.1 Å². The summed E-state index contributed by atoms with van der Waals surface area (Å²) < 4.78 is 5.78. The zero-order valence-electron chi connectivity index (χ0n) is 14.8. The third-order valence-electron chi connectivity index (χ3n) is 4.70. The molecule has 0 spiro atoms. The summed E-state index contributed by atoms with van der Waals surface area (Å²) in [7, 11) is 0. The number of rotatable bonds is 6. The lowest BCUT2D eigenvalue weighted by molar-refractivity contribution is -0.133. The quantitative estimate of drug-likeness (QED) is 0.831. The third-order valence-corrected chi connectivity index (χ3v) is 4.70. The van der Waals surface area contributed by atoms with Crippen molar-refractivity contribution in [2.75, 3.05) is 18.4 Å². The molecule has 0 bridgehead atoms. The van der Waals surface area contributed by atoms with Gasteiger partial charge in [-0.15, -0.1) is 0 Å². The van der Waals surface area contributed by atoms with Gasteiger partial charge in [0.05, 0.1) is 6.54 Å². The van der Waals surface area contributed by atoms with E-state index in [4.69, 9.17) is 4.74 Å². The number of benzene rings is 2. The highest BCUT2D eigenvalue weighted by atomic mass is 16.5. The van der Waals surface area contributed by atoms with Crippen LogP contribution in [0.5, 0.6) is 11.5 Å². The molecule has 1 aliphatic heterocycles. The van der Waals surface area contributed by atoms with Gasteiger partial charge >= 0.3 is 0 Å². The van der Waals surface area contributed by atoms with Crippen LogP contribution in [0.3, 0.4) is 0 Å². The molecule has 4 nitrogen and oxygen atoms in total. The summed E-state index contributed by atoms with van der Waals surface area (Å²) >= 11 is 0. The van der Waals surface area contributed by atoms with Crippen molar-refractivity contribution in [3.05, 3.63) is 54.6 Å². The van der Waals surface area contributed by atoms with Gasteiger partial charge in [0, 0.05) is 18.3 Å². The zero-order valence-corrected chi connectivity index (χ0v) is 14.8. The summed E-state index contributed by atoms with van der Waals surface area (Å²) in [6, 6.07) is 17.8. The number of hydrogen-bond acceptors (Lipinski definition) is 3. The van der Waals surface area contributed by atoms with Crippen molar-refractivity contribution in [3.63, 3.8) is 0 Å². The molecule has 3 rings (SSSR count). The number of para-hydroxylation sites is 1. The van der Waals surface area contributed by atoms with Crippen molar-refractivity contribution in [1.82, 2.24) is 4.90 Å². The maximum atomic E-state index is 12.5. The number of nitrogens with one attached hydrogen (secondary N) is 1. The lowest BCUT2D eigenvalue weighted by Crippen LogP contribution is -2.45. The van der Waals surface area contributed by atoms with E-state index in [0.717, 1.165) is 43.0 Å². The fraction of sp³-hybridized carbons (Fsp3) is 0.381. The maximum Gasteiger partial charge on any atom is 0.242 e. The molecule has 2 aromatic rings. The molecule has 1 N–H and O–H groups in total. The number of hydrogen-bond donors (Lipinski definition) is 1. The Morgan fingerprint density at radius 3 is 2.52 bits per heavy atom. The predicted octanol–water partition coefficient (Wildman–Crippen LogP) is 4.68. The molecular weight excluding hydrogens is 312 g/mol. The third kappa shape index (κ3) is 4.75. The molecule has 25 heavy (non-hydrogen) atoms. The highest BCUT2D eigenvalue weighted by Gasteiger charge is 2.24. The minimum Gasteiger partial charge on any atom is -0.457 e. The summed E-state index contributed by atoms with van der Waals surface area (Å²) in [5.41, 5.74) is 0.929. The Balaban J connectivity index is 1.52. The zero-order chi connectivity index (χ0) is 17.5. The first-order valence-electron chi connectivity index (χ1n) is 9.12. The Hall–Kier alpha value is -2.49. The Kier molecular flexibility index (Phi) is 5.94. The Morgan fingerprint density at radius 1 is 1.08 bits per heavy atom. The van der Waals surface area contributed by atoms with Crippen molar-refractivity contribution >= 4 is 11.6 Å². The van der Waals surface area contributed by atoms with Crippen molar-refractivity contribution in [2.24, 2.45) is 0 Å². The number of carbonyl (C=O) groups excluding carboxylic acids is 1. The second-order valence-electron chi connectivity index (χ2n) is 6.44. The van der Waals surface area contributed by atoms with Crippen LogP contribution in [0.2, 0.25) is 0 Å². The molecule has 1 amide bonds. The molecule has 0 aromatic heterocycles. The lowest BCUT2D eigenvalue weighted by atomic mass is 10.00. The van der Waals surface area contributed by atoms with Gasteiger partial charge in [0.1, 0.15) is 11.5 Å². The first-order chi connectivity index (χ1) is 12.3. The fourth-order valence-electron chi connectivity index (χ4n) is 3.30. The van der Waals surface area contributed by atoms with E-state index < -0.39 is 0 Å². The predicted molar refractivity (Wildman–Crippen MR) is 101 cm³/mol. The van der Waals surface area contributed by atoms with Crippen LogP contribution in [0.25, 0.3) is 0 Å². The summed E-state index contributed by atoms with van der Waals surface area (Å²) in [4.78, 5) is 14.5.